The largest absolute Gasteiger partial charge is 0.394 e. The van der Waals surface area contributed by atoms with E-state index in [1.807, 2.05) is 6.08 Å². The van der Waals surface area contributed by atoms with Gasteiger partial charge in [-0.1, -0.05) is 201 Å². The molecule has 2 heterocycles. The Labute approximate surface area is 452 Å². The molecule has 1 amide bonds. The minimum Gasteiger partial charge on any atom is -0.394 e. The molecule has 0 aliphatic carbocycles. The van der Waals surface area contributed by atoms with E-state index in [0.717, 1.165) is 96.3 Å². The van der Waals surface area contributed by atoms with Crippen LogP contribution in [0.15, 0.2) is 97.2 Å². The van der Waals surface area contributed by atoms with Crippen molar-refractivity contribution in [2.75, 3.05) is 19.8 Å². The van der Waals surface area contributed by atoms with Gasteiger partial charge in [0.2, 0.25) is 5.91 Å². The fraction of sp³-hybridized carbons (Fsp3) is 0.721. The average molecular weight is 1060 g/mol. The second-order valence-corrected chi connectivity index (χ2v) is 20.0. The monoisotopic (exact) mass is 1060 g/mol. The lowest BCUT2D eigenvalue weighted by atomic mass is 9.97. The standard InChI is InChI=1S/C61H103NO13/c1-3-5-7-9-11-13-15-16-17-18-19-20-21-22-23-24-25-26-27-28-29-30-31-32-33-34-35-37-39-41-43-45-53(66)62-49(50(65)44-42-40-38-36-14-12-10-8-6-4-2)48-72-60-58(71)56(69)59(52(47-64)74-60)75-61-57(70)55(68)54(67)51(46-63)73-61/h5,7,11,13,16-17,19-20,22-23,25-26,28-29,42,44,49-52,54-61,63-65,67-71H,3-4,6,8-10,12,14-15,18,21,24,27,30-41,43,45-48H2,1-2H3,(H,62,66)/b7-5-,13-11-,17-16-,20-19-,23-22-,26-25-,29-28-,44-42+. The van der Waals surface area contributed by atoms with Gasteiger partial charge in [0.15, 0.2) is 12.6 Å². The lowest BCUT2D eigenvalue weighted by Gasteiger charge is -2.46. The van der Waals surface area contributed by atoms with Gasteiger partial charge >= 0.3 is 0 Å². The van der Waals surface area contributed by atoms with Crippen LogP contribution in [0.3, 0.4) is 0 Å². The van der Waals surface area contributed by atoms with Gasteiger partial charge < -0.3 is 65.1 Å². The molecule has 430 valence electrons. The predicted molar refractivity (Wildman–Crippen MR) is 299 cm³/mol. The molecule has 2 saturated heterocycles. The van der Waals surface area contributed by atoms with Crippen LogP contribution in [0.4, 0.5) is 0 Å². The van der Waals surface area contributed by atoms with Gasteiger partial charge in [-0.2, -0.15) is 0 Å². The fourth-order valence-corrected chi connectivity index (χ4v) is 8.86. The number of unbranched alkanes of at least 4 members (excludes halogenated alkanes) is 17. The van der Waals surface area contributed by atoms with E-state index in [9.17, 15) is 45.6 Å². The first-order valence-electron chi connectivity index (χ1n) is 29.0. The van der Waals surface area contributed by atoms with Gasteiger partial charge in [0.25, 0.3) is 0 Å². The lowest BCUT2D eigenvalue weighted by molar-refractivity contribution is -0.359. The van der Waals surface area contributed by atoms with E-state index >= 15 is 0 Å². The minimum atomic E-state index is -1.79. The number of carbonyl (C=O) groups excluding carboxylic acids is 1. The van der Waals surface area contributed by atoms with Crippen LogP contribution in [-0.2, 0) is 23.7 Å². The molecule has 2 rings (SSSR count). The van der Waals surface area contributed by atoms with Gasteiger partial charge in [-0.25, -0.2) is 0 Å². The van der Waals surface area contributed by atoms with Crippen molar-refractivity contribution in [2.45, 2.75) is 261 Å². The highest BCUT2D eigenvalue weighted by molar-refractivity contribution is 5.76. The first-order valence-corrected chi connectivity index (χ1v) is 29.0. The van der Waals surface area contributed by atoms with Crippen molar-refractivity contribution in [2.24, 2.45) is 0 Å². The third kappa shape index (κ3) is 31.8. The molecule has 14 nitrogen and oxygen atoms in total. The second kappa shape index (κ2) is 45.9. The number of hydrogen-bond acceptors (Lipinski definition) is 13. The Hall–Kier alpha value is -3.09. The fourth-order valence-electron chi connectivity index (χ4n) is 8.86. The average Bonchev–Trinajstić information content (AvgIpc) is 3.41. The zero-order valence-electron chi connectivity index (χ0n) is 46.0. The highest BCUT2D eigenvalue weighted by atomic mass is 16.7. The van der Waals surface area contributed by atoms with E-state index in [1.54, 1.807) is 6.08 Å². The van der Waals surface area contributed by atoms with Crippen molar-refractivity contribution in [3.63, 3.8) is 0 Å². The summed E-state index contributed by atoms with van der Waals surface area (Å²) in [6.45, 7) is 2.63. The van der Waals surface area contributed by atoms with Gasteiger partial charge in [-0.3, -0.25) is 4.79 Å². The SMILES string of the molecule is CC/C=C\C/C=C\C/C=C\C/C=C\C/C=C\C/C=C\C/C=C\CCCCCCCCCCCC(=O)NC(COC1OC(CO)C(OC2OC(CO)C(O)C(O)C2O)C(O)C1O)C(O)/C=C/CCCCCCCCCC. The number of ether oxygens (including phenoxy) is 4. The molecule has 2 aliphatic heterocycles. The molecule has 0 aromatic heterocycles. The number of aliphatic hydroxyl groups is 8. The Morgan fingerprint density at radius 2 is 0.920 bits per heavy atom. The molecule has 75 heavy (non-hydrogen) atoms. The zero-order valence-corrected chi connectivity index (χ0v) is 46.0. The topological polar surface area (TPSA) is 228 Å². The van der Waals surface area contributed by atoms with E-state index in [2.05, 4.69) is 104 Å². The molecule has 9 N–H and O–H groups in total. The minimum absolute atomic E-state index is 0.253. The number of allylic oxidation sites excluding steroid dienone is 15. The van der Waals surface area contributed by atoms with Crippen LogP contribution in [0.1, 0.15) is 187 Å². The van der Waals surface area contributed by atoms with Crippen molar-refractivity contribution in [1.29, 1.82) is 0 Å². The van der Waals surface area contributed by atoms with Crippen LogP contribution in [0.5, 0.6) is 0 Å². The Bertz CT molecular complexity index is 1620. The zero-order chi connectivity index (χ0) is 54.6. The van der Waals surface area contributed by atoms with Gasteiger partial charge in [0.05, 0.1) is 32.0 Å². The predicted octanol–water partition coefficient (Wildman–Crippen LogP) is 9.49. The summed E-state index contributed by atoms with van der Waals surface area (Å²) in [5.74, 6) is -0.253. The molecular formula is C61H103NO13. The maximum atomic E-state index is 13.2. The van der Waals surface area contributed by atoms with Gasteiger partial charge in [-0.15, -0.1) is 0 Å². The first-order chi connectivity index (χ1) is 36.6. The summed E-state index contributed by atoms with van der Waals surface area (Å²) in [5, 5.41) is 86.8. The molecule has 0 bridgehead atoms. The third-order valence-corrected chi connectivity index (χ3v) is 13.5. The number of carbonyl (C=O) groups is 1. The number of hydrogen-bond donors (Lipinski definition) is 9. The summed E-state index contributed by atoms with van der Waals surface area (Å²) in [5.41, 5.74) is 0. The Kier molecular flexibility index (Phi) is 41.6. The summed E-state index contributed by atoms with van der Waals surface area (Å²) >= 11 is 0. The normalized spacial score (nSPS) is 25.8. The Morgan fingerprint density at radius 3 is 1.41 bits per heavy atom. The summed E-state index contributed by atoms with van der Waals surface area (Å²) < 4.78 is 22.7. The Balaban J connectivity index is 1.68. The van der Waals surface area contributed by atoms with Crippen LogP contribution in [-0.4, -0.2) is 140 Å². The Morgan fingerprint density at radius 1 is 0.493 bits per heavy atom. The first kappa shape index (κ1) is 68.0. The van der Waals surface area contributed by atoms with Crippen molar-refractivity contribution >= 4 is 5.91 Å². The van der Waals surface area contributed by atoms with Crippen LogP contribution >= 0.6 is 0 Å². The summed E-state index contributed by atoms with van der Waals surface area (Å²) in [6.07, 6.45) is 46.0. The number of amides is 1. The second-order valence-electron chi connectivity index (χ2n) is 20.0. The van der Waals surface area contributed by atoms with Crippen molar-refractivity contribution in [3.8, 4) is 0 Å². The van der Waals surface area contributed by atoms with E-state index in [4.69, 9.17) is 18.9 Å². The van der Waals surface area contributed by atoms with Crippen molar-refractivity contribution in [1.82, 2.24) is 5.32 Å². The summed E-state index contributed by atoms with van der Waals surface area (Å²) in [6, 6.07) is -0.922. The smallest absolute Gasteiger partial charge is 0.220 e. The van der Waals surface area contributed by atoms with Crippen molar-refractivity contribution in [3.05, 3.63) is 97.2 Å². The molecule has 14 heteroatoms. The van der Waals surface area contributed by atoms with E-state index in [-0.39, 0.29) is 18.9 Å². The maximum Gasteiger partial charge on any atom is 0.220 e. The molecule has 0 aromatic carbocycles. The highest BCUT2D eigenvalue weighted by Crippen LogP contribution is 2.30. The molecule has 0 saturated carbocycles. The quantitative estimate of drug-likeness (QED) is 0.0205. The van der Waals surface area contributed by atoms with E-state index in [0.29, 0.717) is 6.42 Å². The van der Waals surface area contributed by atoms with Gasteiger partial charge in [0.1, 0.15) is 48.8 Å². The maximum absolute atomic E-state index is 13.2. The van der Waals surface area contributed by atoms with E-state index < -0.39 is 86.8 Å². The molecule has 2 aliphatic rings. The third-order valence-electron chi connectivity index (χ3n) is 13.5. The van der Waals surface area contributed by atoms with E-state index in [1.165, 1.54) is 64.2 Å². The van der Waals surface area contributed by atoms with Crippen LogP contribution in [0.25, 0.3) is 0 Å². The van der Waals surface area contributed by atoms with Crippen LogP contribution in [0.2, 0.25) is 0 Å². The van der Waals surface area contributed by atoms with Crippen LogP contribution in [0, 0.1) is 0 Å². The summed E-state index contributed by atoms with van der Waals surface area (Å²) in [7, 11) is 0. The number of aliphatic hydroxyl groups excluding tert-OH is 8. The molecule has 12 atom stereocenters. The van der Waals surface area contributed by atoms with Crippen LogP contribution < -0.4 is 5.32 Å². The molecule has 12 unspecified atom stereocenters. The summed E-state index contributed by atoms with van der Waals surface area (Å²) in [4.78, 5) is 13.2. The molecule has 2 fully saturated rings. The molecular weight excluding hydrogens is 955 g/mol. The number of rotatable bonds is 44. The molecule has 0 radical (unpaired) electrons. The van der Waals surface area contributed by atoms with Gasteiger partial charge in [0, 0.05) is 6.42 Å². The lowest BCUT2D eigenvalue weighted by Crippen LogP contribution is -2.65. The van der Waals surface area contributed by atoms with Crippen molar-refractivity contribution < 1.29 is 64.6 Å². The number of nitrogens with one attached hydrogen (secondary N) is 1. The molecule has 0 spiro atoms. The highest BCUT2D eigenvalue weighted by Gasteiger charge is 2.51. The van der Waals surface area contributed by atoms with Gasteiger partial charge in [-0.05, 0) is 77.0 Å². The molecule has 0 aromatic rings.